The number of hydrogen-bond donors (Lipinski definition) is 3. The van der Waals surface area contributed by atoms with E-state index < -0.39 is 10.0 Å². The van der Waals surface area contributed by atoms with E-state index in [4.69, 9.17) is 10.2 Å². The second-order valence-corrected chi connectivity index (χ2v) is 7.32. The molecule has 0 radical (unpaired) electrons. The number of anilines is 1. The lowest BCUT2D eigenvalue weighted by Gasteiger charge is -2.02. The molecule has 130 valence electrons. The summed E-state index contributed by atoms with van der Waals surface area (Å²) < 4.78 is 32.8. The fourth-order valence-electron chi connectivity index (χ4n) is 2.60. The van der Waals surface area contributed by atoms with Gasteiger partial charge in [0.1, 0.15) is 10.4 Å². The number of fused-ring (bicyclic) bond motifs is 2. The number of benzene rings is 3. The first-order chi connectivity index (χ1) is 12.5. The average Bonchev–Trinajstić information content (AvgIpc) is 3.02. The molecule has 26 heavy (non-hydrogen) atoms. The Balaban J connectivity index is 1.63. The molecule has 8 heteroatoms. The van der Waals surface area contributed by atoms with E-state index in [1.54, 1.807) is 24.3 Å². The molecule has 0 spiro atoms. The third-order valence-corrected chi connectivity index (χ3v) is 5.17. The van der Waals surface area contributed by atoms with Crippen LogP contribution in [0.1, 0.15) is 0 Å². The van der Waals surface area contributed by atoms with Crippen molar-refractivity contribution in [3.8, 4) is 0 Å². The summed E-state index contributed by atoms with van der Waals surface area (Å²) in [5.41, 5.74) is 6.99. The molecule has 0 aliphatic carbocycles. The zero-order valence-corrected chi connectivity index (χ0v) is 14.3. The van der Waals surface area contributed by atoms with Crippen LogP contribution < -0.4 is 15.4 Å². The van der Waals surface area contributed by atoms with Gasteiger partial charge in [-0.3, -0.25) is 5.73 Å². The second kappa shape index (κ2) is 6.16. The van der Waals surface area contributed by atoms with E-state index in [0.717, 1.165) is 10.8 Å². The van der Waals surface area contributed by atoms with Gasteiger partial charge in [-0.05, 0) is 35.0 Å². The summed E-state index contributed by atoms with van der Waals surface area (Å²) >= 11 is 0. The maximum atomic E-state index is 12.5. The normalized spacial score (nSPS) is 12.5. The molecule has 7 nitrogen and oxygen atoms in total. The average molecular weight is 367 g/mol. The highest BCUT2D eigenvalue weighted by molar-refractivity contribution is 7.84. The number of para-hydroxylation sites is 2. The molecule has 0 saturated heterocycles. The largest absolute Gasteiger partial charge is 0.412 e. The molecule has 0 fully saturated rings. The minimum atomic E-state index is -3.85. The predicted octanol–water partition coefficient (Wildman–Crippen LogP) is 1.18. The van der Waals surface area contributed by atoms with E-state index >= 15 is 0 Å². The van der Waals surface area contributed by atoms with Crippen LogP contribution >= 0.6 is 0 Å². The number of aromatic nitrogens is 1. The van der Waals surface area contributed by atoms with E-state index in [-0.39, 0.29) is 16.9 Å². The van der Waals surface area contributed by atoms with E-state index in [0.29, 0.717) is 11.1 Å². The summed E-state index contributed by atoms with van der Waals surface area (Å²) in [4.78, 5) is 4.29. The van der Waals surface area contributed by atoms with Crippen molar-refractivity contribution in [3.63, 3.8) is 0 Å². The third kappa shape index (κ3) is 3.09. The summed E-state index contributed by atoms with van der Waals surface area (Å²) in [6, 6.07) is 19.6. The van der Waals surface area contributed by atoms with E-state index in [9.17, 15) is 8.42 Å². The Morgan fingerprint density at radius 1 is 1.00 bits per heavy atom. The number of nitrogens with one attached hydrogen (secondary N) is 2. The van der Waals surface area contributed by atoms with Gasteiger partial charge >= 0.3 is 22.0 Å². The van der Waals surface area contributed by atoms with Gasteiger partial charge in [-0.1, -0.05) is 42.5 Å². The van der Waals surface area contributed by atoms with Crippen molar-refractivity contribution in [2.75, 3.05) is 5.32 Å². The van der Waals surface area contributed by atoms with Crippen LogP contribution in [-0.4, -0.2) is 19.4 Å². The fraction of sp³-hybridized carbons (Fsp3) is 0. The van der Waals surface area contributed by atoms with Crippen LogP contribution in [0.15, 0.2) is 76.0 Å². The molecule has 0 aliphatic heterocycles. The zero-order valence-electron chi connectivity index (χ0n) is 13.5. The quantitative estimate of drug-likeness (QED) is 0.370. The first-order valence-electron chi connectivity index (χ1n) is 7.78. The summed E-state index contributed by atoms with van der Waals surface area (Å²) in [6.45, 7) is 0. The molecule has 0 aliphatic rings. The Bertz CT molecular complexity index is 1210. The van der Waals surface area contributed by atoms with E-state index in [1.807, 2.05) is 36.4 Å². The molecule has 0 amide bonds. The molecule has 0 bridgehead atoms. The van der Waals surface area contributed by atoms with Crippen LogP contribution in [0.25, 0.3) is 21.9 Å². The minimum absolute atomic E-state index is 0.102. The molecule has 0 unspecified atom stereocenters. The fourth-order valence-corrected chi connectivity index (χ4v) is 3.59. The van der Waals surface area contributed by atoms with Crippen LogP contribution in [0, 0.1) is 0 Å². The van der Waals surface area contributed by atoms with E-state index in [1.165, 1.54) is 6.07 Å². The summed E-state index contributed by atoms with van der Waals surface area (Å²) in [5, 5.41) is 4.39. The molecule has 0 atom stereocenters. The molecule has 4 rings (SSSR count). The Labute approximate surface area is 149 Å². The minimum Gasteiger partial charge on any atom is -0.412 e. The van der Waals surface area contributed by atoms with Crippen molar-refractivity contribution in [1.29, 1.82) is 0 Å². The first-order valence-corrected chi connectivity index (χ1v) is 9.26. The van der Waals surface area contributed by atoms with Gasteiger partial charge in [0.05, 0.1) is 0 Å². The zero-order chi connectivity index (χ0) is 18.1. The van der Waals surface area contributed by atoms with Crippen molar-refractivity contribution in [3.05, 3.63) is 66.7 Å². The van der Waals surface area contributed by atoms with Crippen LogP contribution in [0.5, 0.6) is 0 Å². The second-order valence-electron chi connectivity index (χ2n) is 5.64. The number of rotatable bonds is 3. The maximum absolute atomic E-state index is 12.5. The monoisotopic (exact) mass is 367 g/mol. The Morgan fingerprint density at radius 2 is 1.73 bits per heavy atom. The summed E-state index contributed by atoms with van der Waals surface area (Å²) in [7, 11) is -3.85. The van der Waals surface area contributed by atoms with Crippen LogP contribution in [0.2, 0.25) is 0 Å². The predicted molar refractivity (Wildman–Crippen MR) is 98.9 cm³/mol. The number of nitrogens with two attached hydrogens (primary N) is 1. The summed E-state index contributed by atoms with van der Waals surface area (Å²) in [5.74, 6) is -0.204. The van der Waals surface area contributed by atoms with Crippen LogP contribution in [-0.2, 0) is 10.0 Å². The summed E-state index contributed by atoms with van der Waals surface area (Å²) in [6.07, 6.45) is 0. The van der Waals surface area contributed by atoms with Crippen molar-refractivity contribution >= 4 is 43.9 Å². The molecule has 1 aromatic heterocycles. The molecule has 1 heterocycles. The Morgan fingerprint density at radius 3 is 2.54 bits per heavy atom. The van der Waals surface area contributed by atoms with Crippen molar-refractivity contribution in [2.45, 2.75) is 4.90 Å². The number of sulfonamides is 1. The highest BCUT2D eigenvalue weighted by Gasteiger charge is 2.18. The standard InChI is InChI=1S/C18H14N4O3S/c19-17(21-18-20-15-7-3-4-8-16(15)25-18)22-26(23,24)14-10-9-12-5-1-2-6-13(12)11-14/h1-11H,(H3,19,20,21,22)/p+1. The molecule has 4 aromatic rings. The lowest BCUT2D eigenvalue weighted by atomic mass is 10.1. The maximum Gasteiger partial charge on any atom is 0.365 e. The number of hydrogen-bond acceptors (Lipinski definition) is 4. The van der Waals surface area contributed by atoms with Crippen molar-refractivity contribution in [2.24, 2.45) is 5.73 Å². The van der Waals surface area contributed by atoms with Gasteiger partial charge in [0.2, 0.25) is 0 Å². The van der Waals surface area contributed by atoms with Gasteiger partial charge in [0, 0.05) is 0 Å². The molecular weight excluding hydrogens is 352 g/mol. The van der Waals surface area contributed by atoms with Gasteiger partial charge < -0.3 is 4.42 Å². The number of guanidine groups is 1. The van der Waals surface area contributed by atoms with Gasteiger partial charge in [-0.2, -0.15) is 23.1 Å². The van der Waals surface area contributed by atoms with Crippen molar-refractivity contribution in [1.82, 2.24) is 4.98 Å². The molecule has 0 saturated carbocycles. The molecule has 4 N–H and O–H groups in total. The van der Waals surface area contributed by atoms with Crippen LogP contribution in [0.3, 0.4) is 0 Å². The first kappa shape index (κ1) is 16.1. The highest BCUT2D eigenvalue weighted by atomic mass is 32.2. The molecule has 3 aromatic carbocycles. The van der Waals surface area contributed by atoms with E-state index in [2.05, 4.69) is 14.7 Å². The van der Waals surface area contributed by atoms with Gasteiger partial charge in [0.25, 0.3) is 0 Å². The van der Waals surface area contributed by atoms with Crippen LogP contribution in [0.4, 0.5) is 6.01 Å². The lowest BCUT2D eigenvalue weighted by Crippen LogP contribution is -2.80. The lowest BCUT2D eigenvalue weighted by molar-refractivity contribution is -0.268. The highest BCUT2D eigenvalue weighted by Crippen LogP contribution is 2.18. The van der Waals surface area contributed by atoms with Gasteiger partial charge in [0.15, 0.2) is 5.58 Å². The smallest absolute Gasteiger partial charge is 0.365 e. The third-order valence-electron chi connectivity index (χ3n) is 3.81. The Hall–Kier alpha value is -3.39. The topological polar surface area (TPSA) is 112 Å². The van der Waals surface area contributed by atoms with Gasteiger partial charge in [-0.15, -0.1) is 0 Å². The van der Waals surface area contributed by atoms with Gasteiger partial charge in [-0.25, -0.2) is 0 Å². The Kier molecular flexibility index (Phi) is 3.81. The number of oxazole rings is 1. The van der Waals surface area contributed by atoms with Crippen molar-refractivity contribution < 1.29 is 17.2 Å². The number of nitrogens with zero attached hydrogens (tertiary/aromatic N) is 1. The SMILES string of the molecule is NC(Nc1nc2ccccc2o1)=[NH+]S(=O)(=O)c1ccc2ccccc2c1. The molecular formula is C18H15N4O3S+.